The van der Waals surface area contributed by atoms with E-state index in [1.807, 2.05) is 43.4 Å². The van der Waals surface area contributed by atoms with Crippen LogP contribution in [0.1, 0.15) is 75.3 Å². The number of nitrogens with zero attached hydrogens (tertiary/aromatic N) is 1. The van der Waals surface area contributed by atoms with Crippen molar-refractivity contribution in [3.63, 3.8) is 0 Å². The monoisotopic (exact) mass is 512 g/mol. The van der Waals surface area contributed by atoms with Crippen LogP contribution in [0.5, 0.6) is 0 Å². The van der Waals surface area contributed by atoms with Crippen LogP contribution in [-0.4, -0.2) is 32.6 Å². The number of rotatable bonds is 7. The predicted octanol–water partition coefficient (Wildman–Crippen LogP) is 6.10. The molecule has 1 aromatic heterocycles. The Morgan fingerprint density at radius 2 is 1.42 bits per heavy atom. The van der Waals surface area contributed by atoms with Crippen molar-refractivity contribution >= 4 is 23.5 Å². The lowest BCUT2D eigenvalue weighted by molar-refractivity contribution is -0.0529. The number of carbonyl (C=O) groups excluding carboxylic acids is 1. The number of carboxylic acids is 2. The van der Waals surface area contributed by atoms with E-state index in [4.69, 9.17) is 0 Å². The molecule has 38 heavy (non-hydrogen) atoms. The third-order valence-electron chi connectivity index (χ3n) is 9.06. The number of carbonyl (C=O) groups is 3. The molecule has 1 heterocycles. The summed E-state index contributed by atoms with van der Waals surface area (Å²) in [6, 6.07) is 15.6. The second-order valence-corrected chi connectivity index (χ2v) is 11.8. The van der Waals surface area contributed by atoms with E-state index in [0.29, 0.717) is 5.56 Å². The van der Waals surface area contributed by atoms with Gasteiger partial charge in [0.05, 0.1) is 16.7 Å². The molecule has 4 saturated carbocycles. The molecule has 0 saturated heterocycles. The highest BCUT2D eigenvalue weighted by Gasteiger charge is 2.51. The molecule has 3 aromatic rings. The molecular formula is C31H32N2O5. The summed E-state index contributed by atoms with van der Waals surface area (Å²) in [6.45, 7) is 0. The summed E-state index contributed by atoms with van der Waals surface area (Å²) in [5, 5.41) is 21.7. The van der Waals surface area contributed by atoms with E-state index in [0.717, 1.165) is 47.2 Å². The minimum Gasteiger partial charge on any atom is -0.478 e. The summed E-state index contributed by atoms with van der Waals surface area (Å²) >= 11 is 0. The highest BCUT2D eigenvalue weighted by atomic mass is 16.4. The lowest BCUT2D eigenvalue weighted by Gasteiger charge is -2.57. The van der Waals surface area contributed by atoms with Crippen molar-refractivity contribution in [2.45, 2.75) is 44.9 Å². The van der Waals surface area contributed by atoms with E-state index in [1.165, 1.54) is 50.7 Å². The second kappa shape index (κ2) is 9.15. The molecule has 0 spiro atoms. The second-order valence-electron chi connectivity index (χ2n) is 11.8. The Hall–Kier alpha value is -3.87. The first-order chi connectivity index (χ1) is 18.2. The number of aromatic nitrogens is 1. The van der Waals surface area contributed by atoms with E-state index in [2.05, 4.69) is 9.88 Å². The molecule has 0 unspecified atom stereocenters. The first-order valence-corrected chi connectivity index (χ1v) is 13.4. The standard InChI is InChI=1S/C31H32N2O5/c1-33-26(21-5-3-2-4-6-21)13-25(27(33)17-31-14-18-7-19(15-31)9-20(8-18)16-31)28(34)32-24-11-22(29(35)36)10-23(12-24)30(37)38/h2-6,10-13,18-20H,7-9,14-17H2,1H3,(H,32,34)(H,35,36)(H,37,38). The Morgan fingerprint density at radius 1 is 0.868 bits per heavy atom. The number of amides is 1. The van der Waals surface area contributed by atoms with Crippen LogP contribution in [0.4, 0.5) is 5.69 Å². The quantitative estimate of drug-likeness (QED) is 0.354. The van der Waals surface area contributed by atoms with Gasteiger partial charge in [0.2, 0.25) is 0 Å². The molecule has 4 aliphatic rings. The van der Waals surface area contributed by atoms with Crippen molar-refractivity contribution in [1.82, 2.24) is 4.57 Å². The Kier molecular flexibility index (Phi) is 5.89. The first kappa shape index (κ1) is 24.5. The predicted molar refractivity (Wildman–Crippen MR) is 143 cm³/mol. The van der Waals surface area contributed by atoms with Gasteiger partial charge in [-0.15, -0.1) is 0 Å². The van der Waals surface area contributed by atoms with Gasteiger partial charge >= 0.3 is 11.9 Å². The zero-order valence-electron chi connectivity index (χ0n) is 21.4. The van der Waals surface area contributed by atoms with Crippen LogP contribution >= 0.6 is 0 Å². The maximum absolute atomic E-state index is 13.8. The van der Waals surface area contributed by atoms with E-state index >= 15 is 0 Å². The lowest BCUT2D eigenvalue weighted by atomic mass is 9.48. The van der Waals surface area contributed by atoms with Crippen molar-refractivity contribution in [2.75, 3.05) is 5.32 Å². The number of benzene rings is 2. The summed E-state index contributed by atoms with van der Waals surface area (Å²) in [4.78, 5) is 36.9. The molecule has 0 aliphatic heterocycles. The molecule has 4 aliphatic carbocycles. The average Bonchev–Trinajstić information content (AvgIpc) is 3.19. The molecule has 2 aromatic carbocycles. The zero-order valence-corrected chi connectivity index (χ0v) is 21.4. The molecule has 7 heteroatoms. The Bertz CT molecular complexity index is 1370. The van der Waals surface area contributed by atoms with Gasteiger partial charge in [0, 0.05) is 24.1 Å². The maximum Gasteiger partial charge on any atom is 0.335 e. The zero-order chi connectivity index (χ0) is 26.6. The average molecular weight is 513 g/mol. The van der Waals surface area contributed by atoms with Crippen LogP contribution in [0, 0.1) is 23.2 Å². The Balaban J connectivity index is 1.39. The smallest absolute Gasteiger partial charge is 0.335 e. The molecule has 1 amide bonds. The molecule has 4 fully saturated rings. The molecule has 7 rings (SSSR count). The van der Waals surface area contributed by atoms with Crippen LogP contribution in [-0.2, 0) is 13.5 Å². The third kappa shape index (κ3) is 4.40. The minimum atomic E-state index is -1.25. The van der Waals surface area contributed by atoms with Gasteiger partial charge in [-0.2, -0.15) is 0 Å². The topological polar surface area (TPSA) is 109 Å². The number of carboxylic acid groups (broad SMARTS) is 2. The fraction of sp³-hybridized carbons (Fsp3) is 0.387. The highest BCUT2D eigenvalue weighted by molar-refractivity contribution is 6.07. The van der Waals surface area contributed by atoms with Crippen molar-refractivity contribution in [1.29, 1.82) is 0 Å². The molecule has 0 atom stereocenters. The molecule has 196 valence electrons. The van der Waals surface area contributed by atoms with Gasteiger partial charge in [0.15, 0.2) is 0 Å². The lowest BCUT2D eigenvalue weighted by Crippen LogP contribution is -2.47. The van der Waals surface area contributed by atoms with Gasteiger partial charge in [-0.05, 0) is 97.9 Å². The van der Waals surface area contributed by atoms with E-state index in [-0.39, 0.29) is 28.1 Å². The minimum absolute atomic E-state index is 0.151. The molecular weight excluding hydrogens is 480 g/mol. The molecule has 4 bridgehead atoms. The van der Waals surface area contributed by atoms with Crippen LogP contribution in [0.25, 0.3) is 11.3 Å². The SMILES string of the molecule is Cn1c(-c2ccccc2)cc(C(=O)Nc2cc(C(=O)O)cc(C(=O)O)c2)c1CC12CC3CC(CC(C3)C1)C2. The Labute approximate surface area is 221 Å². The number of hydrogen-bond donors (Lipinski definition) is 3. The number of nitrogens with one attached hydrogen (secondary N) is 1. The number of aromatic carboxylic acids is 2. The van der Waals surface area contributed by atoms with Crippen molar-refractivity contribution in [3.8, 4) is 11.3 Å². The number of hydrogen-bond acceptors (Lipinski definition) is 3. The molecule has 3 N–H and O–H groups in total. The molecule has 0 radical (unpaired) electrons. The largest absolute Gasteiger partial charge is 0.478 e. The summed E-state index contributed by atoms with van der Waals surface area (Å²) < 4.78 is 2.14. The summed E-state index contributed by atoms with van der Waals surface area (Å²) in [5.74, 6) is -0.488. The highest BCUT2D eigenvalue weighted by Crippen LogP contribution is 2.61. The Morgan fingerprint density at radius 3 is 1.95 bits per heavy atom. The van der Waals surface area contributed by atoms with Crippen molar-refractivity contribution < 1.29 is 24.6 Å². The summed E-state index contributed by atoms with van der Waals surface area (Å²) in [6.07, 6.45) is 8.53. The maximum atomic E-state index is 13.8. The number of anilines is 1. The van der Waals surface area contributed by atoms with E-state index < -0.39 is 11.9 Å². The van der Waals surface area contributed by atoms with Crippen LogP contribution in [0.2, 0.25) is 0 Å². The molecule has 7 nitrogen and oxygen atoms in total. The van der Waals surface area contributed by atoms with Gasteiger partial charge in [-0.3, -0.25) is 4.79 Å². The van der Waals surface area contributed by atoms with E-state index in [9.17, 15) is 24.6 Å². The third-order valence-corrected chi connectivity index (χ3v) is 9.06. The summed E-state index contributed by atoms with van der Waals surface area (Å²) in [5.41, 5.74) is 3.49. The fourth-order valence-corrected chi connectivity index (χ4v) is 7.95. The normalized spacial score (nSPS) is 25.3. The van der Waals surface area contributed by atoms with Gasteiger partial charge in [0.1, 0.15) is 0 Å². The van der Waals surface area contributed by atoms with Gasteiger partial charge in [-0.1, -0.05) is 30.3 Å². The van der Waals surface area contributed by atoms with Crippen molar-refractivity contribution in [2.24, 2.45) is 30.2 Å². The summed E-state index contributed by atoms with van der Waals surface area (Å²) in [7, 11) is 2.02. The van der Waals surface area contributed by atoms with Gasteiger partial charge in [-0.25, -0.2) is 9.59 Å². The van der Waals surface area contributed by atoms with Crippen molar-refractivity contribution in [3.05, 3.63) is 77.0 Å². The van der Waals surface area contributed by atoms with Crippen LogP contribution < -0.4 is 5.32 Å². The van der Waals surface area contributed by atoms with Crippen LogP contribution in [0.15, 0.2) is 54.6 Å². The van der Waals surface area contributed by atoms with Crippen LogP contribution in [0.3, 0.4) is 0 Å². The van der Waals surface area contributed by atoms with Gasteiger partial charge in [0.25, 0.3) is 5.91 Å². The van der Waals surface area contributed by atoms with Gasteiger partial charge < -0.3 is 20.1 Å². The van der Waals surface area contributed by atoms with E-state index in [1.54, 1.807) is 0 Å². The fourth-order valence-electron chi connectivity index (χ4n) is 7.95. The first-order valence-electron chi connectivity index (χ1n) is 13.4.